The van der Waals surface area contributed by atoms with Crippen LogP contribution in [-0.2, 0) is 9.59 Å². The molecule has 8 heteroatoms. The fraction of sp³-hybridized carbons (Fsp3) is 0.179. The number of aliphatic hydroxyl groups excluding tert-OH is 1. The van der Waals surface area contributed by atoms with E-state index in [0.717, 1.165) is 10.3 Å². The van der Waals surface area contributed by atoms with Gasteiger partial charge in [0.1, 0.15) is 17.3 Å². The molecule has 1 atom stereocenters. The molecule has 0 saturated carbocycles. The van der Waals surface area contributed by atoms with Crippen molar-refractivity contribution in [2.75, 3.05) is 18.6 Å². The second-order valence-corrected chi connectivity index (χ2v) is 9.38. The van der Waals surface area contributed by atoms with Crippen molar-refractivity contribution < 1.29 is 24.2 Å². The predicted molar refractivity (Wildman–Crippen MR) is 140 cm³/mol. The number of ether oxygens (including phenoxy) is 2. The number of hydrogen-bond donors (Lipinski definition) is 1. The number of benzene rings is 3. The molecule has 7 nitrogen and oxygen atoms in total. The Morgan fingerprint density at radius 1 is 1.03 bits per heavy atom. The standard InChI is InChI=1S/C28H24N2O5S/c1-4-35-20-13-14-21-22(15-20)36-28(29-21)30-24(17-9-11-19(34-3)12-10-17)23(26(32)27(30)33)25(31)18-7-5-16(2)6-8-18/h5-15,24,31H,4H2,1-3H3. The van der Waals surface area contributed by atoms with Crippen molar-refractivity contribution in [3.05, 3.63) is 89.0 Å². The van der Waals surface area contributed by atoms with E-state index in [4.69, 9.17) is 9.47 Å². The third kappa shape index (κ3) is 4.09. The number of amides is 1. The summed E-state index contributed by atoms with van der Waals surface area (Å²) in [4.78, 5) is 32.8. The number of aliphatic hydroxyl groups is 1. The highest BCUT2D eigenvalue weighted by Crippen LogP contribution is 2.44. The van der Waals surface area contributed by atoms with Crippen LogP contribution in [0.25, 0.3) is 16.0 Å². The third-order valence-electron chi connectivity index (χ3n) is 6.07. The highest BCUT2D eigenvalue weighted by atomic mass is 32.1. The third-order valence-corrected chi connectivity index (χ3v) is 7.08. The fourth-order valence-electron chi connectivity index (χ4n) is 4.25. The molecule has 3 aromatic carbocycles. The lowest BCUT2D eigenvalue weighted by atomic mass is 9.95. The molecule has 0 bridgehead atoms. The number of aromatic nitrogens is 1. The van der Waals surface area contributed by atoms with E-state index in [1.807, 2.05) is 44.2 Å². The first-order valence-electron chi connectivity index (χ1n) is 11.5. The van der Waals surface area contributed by atoms with Gasteiger partial charge in [-0.05, 0) is 49.7 Å². The van der Waals surface area contributed by atoms with Crippen LogP contribution in [-0.4, -0.2) is 35.5 Å². The lowest BCUT2D eigenvalue weighted by molar-refractivity contribution is -0.132. The summed E-state index contributed by atoms with van der Waals surface area (Å²) in [5.41, 5.74) is 2.83. The molecule has 182 valence electrons. The van der Waals surface area contributed by atoms with Gasteiger partial charge in [-0.2, -0.15) is 0 Å². The van der Waals surface area contributed by atoms with Gasteiger partial charge >= 0.3 is 5.91 Å². The number of rotatable bonds is 6. The molecule has 36 heavy (non-hydrogen) atoms. The normalized spacial score (nSPS) is 17.1. The number of methoxy groups -OCH3 is 1. The summed E-state index contributed by atoms with van der Waals surface area (Å²) in [6.45, 7) is 4.37. The van der Waals surface area contributed by atoms with Gasteiger partial charge in [-0.3, -0.25) is 14.5 Å². The zero-order valence-corrected chi connectivity index (χ0v) is 20.8. The van der Waals surface area contributed by atoms with Crippen LogP contribution in [0.5, 0.6) is 11.5 Å². The summed E-state index contributed by atoms with van der Waals surface area (Å²) in [5.74, 6) is -0.390. The van der Waals surface area contributed by atoms with E-state index in [9.17, 15) is 14.7 Å². The van der Waals surface area contributed by atoms with Crippen molar-refractivity contribution in [1.82, 2.24) is 4.98 Å². The number of Topliss-reactive ketones (excluding diaryl/α,β-unsaturated/α-hetero) is 1. The minimum absolute atomic E-state index is 0.0169. The number of fused-ring (bicyclic) bond motifs is 1. The second-order valence-electron chi connectivity index (χ2n) is 8.37. The molecule has 1 N–H and O–H groups in total. The van der Waals surface area contributed by atoms with E-state index in [0.29, 0.717) is 39.9 Å². The Hall–Kier alpha value is -4.17. The number of aryl methyl sites for hydroxylation is 1. The van der Waals surface area contributed by atoms with E-state index in [2.05, 4.69) is 4.98 Å². The average Bonchev–Trinajstić information content (AvgIpc) is 3.42. The molecule has 1 aliphatic rings. The number of ketones is 1. The maximum atomic E-state index is 13.4. The zero-order valence-electron chi connectivity index (χ0n) is 20.0. The first-order valence-corrected chi connectivity index (χ1v) is 12.3. The fourth-order valence-corrected chi connectivity index (χ4v) is 5.27. The molecule has 0 spiro atoms. The summed E-state index contributed by atoms with van der Waals surface area (Å²) < 4.78 is 11.7. The lowest BCUT2D eigenvalue weighted by Gasteiger charge is -2.23. The molecule has 1 aromatic heterocycles. The Kier molecular flexibility index (Phi) is 6.20. The summed E-state index contributed by atoms with van der Waals surface area (Å²) in [6, 6.07) is 18.9. The first-order chi connectivity index (χ1) is 17.4. The van der Waals surface area contributed by atoms with Crippen LogP contribution in [0.1, 0.15) is 29.7 Å². The molecule has 2 heterocycles. The number of anilines is 1. The van der Waals surface area contributed by atoms with E-state index < -0.39 is 17.7 Å². The smallest absolute Gasteiger partial charge is 0.301 e. The molecule has 1 saturated heterocycles. The van der Waals surface area contributed by atoms with Crippen molar-refractivity contribution in [3.63, 3.8) is 0 Å². The van der Waals surface area contributed by atoms with Gasteiger partial charge in [-0.1, -0.05) is 53.3 Å². The summed E-state index contributed by atoms with van der Waals surface area (Å²) in [7, 11) is 1.57. The Morgan fingerprint density at radius 3 is 2.39 bits per heavy atom. The van der Waals surface area contributed by atoms with E-state index in [1.165, 1.54) is 16.2 Å². The quantitative estimate of drug-likeness (QED) is 0.209. The summed E-state index contributed by atoms with van der Waals surface area (Å²) in [5, 5.41) is 11.6. The number of hydrogen-bond acceptors (Lipinski definition) is 7. The van der Waals surface area contributed by atoms with Crippen molar-refractivity contribution in [1.29, 1.82) is 0 Å². The molecule has 1 unspecified atom stereocenters. The molecule has 0 aliphatic carbocycles. The van der Waals surface area contributed by atoms with Crippen LogP contribution in [0, 0.1) is 6.92 Å². The van der Waals surface area contributed by atoms with Crippen molar-refractivity contribution in [2.45, 2.75) is 19.9 Å². The van der Waals surface area contributed by atoms with Gasteiger partial charge in [0.05, 0.1) is 35.5 Å². The maximum Gasteiger partial charge on any atom is 0.301 e. The average molecular weight is 501 g/mol. The molecule has 4 aromatic rings. The largest absolute Gasteiger partial charge is 0.507 e. The van der Waals surface area contributed by atoms with E-state index >= 15 is 0 Å². The lowest BCUT2D eigenvalue weighted by Crippen LogP contribution is -2.29. The van der Waals surface area contributed by atoms with Crippen molar-refractivity contribution >= 4 is 44.1 Å². The van der Waals surface area contributed by atoms with Gasteiger partial charge in [-0.15, -0.1) is 0 Å². The highest BCUT2D eigenvalue weighted by molar-refractivity contribution is 7.22. The molecular weight excluding hydrogens is 476 g/mol. The molecule has 0 radical (unpaired) electrons. The minimum atomic E-state index is -0.857. The van der Waals surface area contributed by atoms with Gasteiger partial charge in [0.25, 0.3) is 5.78 Å². The van der Waals surface area contributed by atoms with Crippen LogP contribution >= 0.6 is 11.3 Å². The summed E-state index contributed by atoms with van der Waals surface area (Å²) in [6.07, 6.45) is 0. The van der Waals surface area contributed by atoms with Crippen LogP contribution in [0.2, 0.25) is 0 Å². The first kappa shape index (κ1) is 23.6. The minimum Gasteiger partial charge on any atom is -0.507 e. The van der Waals surface area contributed by atoms with Crippen LogP contribution in [0.15, 0.2) is 72.3 Å². The molecule has 5 rings (SSSR count). The Morgan fingerprint density at radius 2 is 1.72 bits per heavy atom. The predicted octanol–water partition coefficient (Wildman–Crippen LogP) is 5.64. The van der Waals surface area contributed by atoms with E-state index in [-0.39, 0.29) is 11.3 Å². The Balaban J connectivity index is 1.68. The van der Waals surface area contributed by atoms with Crippen LogP contribution in [0.3, 0.4) is 0 Å². The molecular formula is C28H24N2O5S. The SMILES string of the molecule is CCOc1ccc2nc(N3C(=O)C(=O)C(=C(O)c4ccc(C)cc4)C3c3ccc(OC)cc3)sc2c1. The summed E-state index contributed by atoms with van der Waals surface area (Å²) >= 11 is 1.29. The molecule has 1 fully saturated rings. The highest BCUT2D eigenvalue weighted by Gasteiger charge is 2.48. The van der Waals surface area contributed by atoms with Crippen LogP contribution in [0.4, 0.5) is 5.13 Å². The second kappa shape index (κ2) is 9.47. The monoisotopic (exact) mass is 500 g/mol. The van der Waals surface area contributed by atoms with Gasteiger partial charge in [0.15, 0.2) is 5.13 Å². The molecule has 1 aliphatic heterocycles. The van der Waals surface area contributed by atoms with Crippen molar-refractivity contribution in [3.8, 4) is 11.5 Å². The number of thiazole rings is 1. The zero-order chi connectivity index (χ0) is 25.4. The van der Waals surface area contributed by atoms with Gasteiger partial charge in [0.2, 0.25) is 0 Å². The van der Waals surface area contributed by atoms with Crippen molar-refractivity contribution in [2.24, 2.45) is 0 Å². The van der Waals surface area contributed by atoms with E-state index in [1.54, 1.807) is 43.5 Å². The van der Waals surface area contributed by atoms with Gasteiger partial charge in [0, 0.05) is 5.56 Å². The number of carbonyl (C=O) groups is 2. The Labute approximate surface area is 212 Å². The maximum absolute atomic E-state index is 13.4. The van der Waals surface area contributed by atoms with Gasteiger partial charge in [-0.25, -0.2) is 4.98 Å². The number of carbonyl (C=O) groups excluding carboxylic acids is 2. The molecule has 1 amide bonds. The van der Waals surface area contributed by atoms with Crippen LogP contribution < -0.4 is 14.4 Å². The topological polar surface area (TPSA) is 89.0 Å². The van der Waals surface area contributed by atoms with Gasteiger partial charge < -0.3 is 14.6 Å². The Bertz CT molecular complexity index is 1490. The number of nitrogens with zero attached hydrogens (tertiary/aromatic N) is 2.